The zero-order valence-electron chi connectivity index (χ0n) is 21.8. The van der Waals surface area contributed by atoms with Crippen LogP contribution < -0.4 is 10.0 Å². The molecule has 0 saturated carbocycles. The molecule has 0 fully saturated rings. The first-order valence-electron chi connectivity index (χ1n) is 11.8. The van der Waals surface area contributed by atoms with Crippen molar-refractivity contribution in [1.82, 2.24) is 14.6 Å². The third-order valence-corrected chi connectivity index (χ3v) is 6.65. The molecule has 3 aromatic rings. The van der Waals surface area contributed by atoms with Gasteiger partial charge in [-0.3, -0.25) is 14.8 Å². The number of aromatic hydroxyl groups is 1. The number of nitrogens with zero attached hydrogens (tertiary/aromatic N) is 4. The van der Waals surface area contributed by atoms with E-state index in [1.165, 1.54) is 17.0 Å². The molecule has 1 aliphatic rings. The van der Waals surface area contributed by atoms with E-state index in [9.17, 15) is 18.3 Å². The number of furan rings is 1. The van der Waals surface area contributed by atoms with Crippen LogP contribution in [0.25, 0.3) is 0 Å². The molecule has 0 radical (unpaired) electrons. The first-order chi connectivity index (χ1) is 17.8. The monoisotopic (exact) mass is 538 g/mol. The summed E-state index contributed by atoms with van der Waals surface area (Å²) in [6.07, 6.45) is 3.30. The van der Waals surface area contributed by atoms with Crippen molar-refractivity contribution in [2.24, 2.45) is 14.8 Å². The molecule has 0 bridgehead atoms. The van der Waals surface area contributed by atoms with Gasteiger partial charge in [0.15, 0.2) is 17.4 Å². The Hall–Kier alpha value is -4.19. The molecule has 11 nitrogen and oxygen atoms in total. The number of benzene rings is 1. The van der Waals surface area contributed by atoms with Gasteiger partial charge in [-0.1, -0.05) is 32.9 Å². The molecule has 3 N–H and O–H groups in total. The SMILES string of the molecule is Cc1ccc([C@H](N=C2NS(=O)(=O)N=C2Nc2cccc(C(=O)N(C)Cc3cccnc3)c2O)C(C)(C)C)o1. The summed E-state index contributed by atoms with van der Waals surface area (Å²) in [6, 6.07) is 11.3. The number of nitrogens with one attached hydrogen (secondary N) is 2. The number of pyridine rings is 1. The quantitative estimate of drug-likeness (QED) is 0.404. The minimum atomic E-state index is -4.07. The van der Waals surface area contributed by atoms with Crippen molar-refractivity contribution in [3.63, 3.8) is 0 Å². The average Bonchev–Trinajstić information content (AvgIpc) is 3.39. The Labute approximate surface area is 221 Å². The first-order valence-corrected chi connectivity index (χ1v) is 13.3. The van der Waals surface area contributed by atoms with E-state index >= 15 is 0 Å². The van der Waals surface area contributed by atoms with Crippen LogP contribution in [-0.4, -0.2) is 48.0 Å². The molecule has 2 aromatic heterocycles. The number of phenolic OH excluding ortho intramolecular Hbond substituents is 1. The summed E-state index contributed by atoms with van der Waals surface area (Å²) in [5.41, 5.74) is 0.531. The fourth-order valence-electron chi connectivity index (χ4n) is 3.93. The van der Waals surface area contributed by atoms with Crippen LogP contribution in [0.4, 0.5) is 5.69 Å². The summed E-state index contributed by atoms with van der Waals surface area (Å²) in [5, 5.41) is 13.8. The van der Waals surface area contributed by atoms with E-state index in [1.54, 1.807) is 37.6 Å². The molecule has 1 amide bonds. The number of aliphatic imine (C=N–C) groups is 1. The third kappa shape index (κ3) is 6.02. The smallest absolute Gasteiger partial charge is 0.345 e. The number of aryl methyl sites for hydroxylation is 1. The van der Waals surface area contributed by atoms with Gasteiger partial charge in [-0.05, 0) is 48.2 Å². The second-order valence-corrected chi connectivity index (χ2v) is 11.4. The molecule has 1 atom stereocenters. The van der Waals surface area contributed by atoms with Crippen molar-refractivity contribution < 1.29 is 22.7 Å². The van der Waals surface area contributed by atoms with E-state index < -0.39 is 27.6 Å². The highest BCUT2D eigenvalue weighted by atomic mass is 32.2. The number of hydrogen-bond acceptors (Lipinski definition) is 8. The molecular formula is C26H30N6O5S. The second-order valence-electron chi connectivity index (χ2n) is 10.1. The van der Waals surface area contributed by atoms with Gasteiger partial charge in [0, 0.05) is 26.0 Å². The van der Waals surface area contributed by atoms with Gasteiger partial charge in [-0.15, -0.1) is 4.40 Å². The molecule has 0 unspecified atom stereocenters. The lowest BCUT2D eigenvalue weighted by Crippen LogP contribution is -2.32. The van der Waals surface area contributed by atoms with Crippen LogP contribution in [0.5, 0.6) is 5.75 Å². The number of hydrogen-bond donors (Lipinski definition) is 3. The lowest BCUT2D eigenvalue weighted by atomic mass is 9.85. The van der Waals surface area contributed by atoms with Crippen molar-refractivity contribution in [2.75, 3.05) is 12.4 Å². The largest absolute Gasteiger partial charge is 0.505 e. The Morgan fingerprint density at radius 3 is 2.61 bits per heavy atom. The number of rotatable bonds is 6. The van der Waals surface area contributed by atoms with Crippen LogP contribution in [0.15, 0.2) is 68.7 Å². The summed E-state index contributed by atoms with van der Waals surface area (Å²) >= 11 is 0. The molecule has 0 saturated heterocycles. The summed E-state index contributed by atoms with van der Waals surface area (Å²) in [7, 11) is -2.46. The number of amidine groups is 2. The fourth-order valence-corrected chi connectivity index (χ4v) is 4.74. The standard InChI is InChI=1S/C26H30N6O5S/c1-16-11-12-20(37-16)22(26(2,3)4)29-24-23(30-38(35,36)31-24)28-19-10-6-9-18(21(19)33)25(34)32(5)15-17-8-7-13-27-14-17/h6-14,22,33H,15H2,1-5H3,(H,28,30)(H,29,31)/t22-/m0/s1. The molecule has 4 rings (SSSR count). The van der Waals surface area contributed by atoms with Crippen LogP contribution >= 0.6 is 0 Å². The van der Waals surface area contributed by atoms with Crippen molar-refractivity contribution in [2.45, 2.75) is 40.3 Å². The third-order valence-electron chi connectivity index (χ3n) is 5.78. The normalized spacial score (nSPS) is 16.6. The molecule has 38 heavy (non-hydrogen) atoms. The topological polar surface area (TPSA) is 149 Å². The van der Waals surface area contributed by atoms with Gasteiger partial charge in [-0.2, -0.15) is 8.42 Å². The molecule has 1 aromatic carbocycles. The Kier molecular flexibility index (Phi) is 7.27. The lowest BCUT2D eigenvalue weighted by Gasteiger charge is -2.26. The second kappa shape index (κ2) is 10.3. The van der Waals surface area contributed by atoms with Gasteiger partial charge in [0.05, 0.1) is 11.3 Å². The number of carbonyl (C=O) groups is 1. The number of carbonyl (C=O) groups excluding carboxylic acids is 1. The van der Waals surface area contributed by atoms with Crippen LogP contribution in [0.1, 0.15) is 54.3 Å². The van der Waals surface area contributed by atoms with Gasteiger partial charge in [-0.25, -0.2) is 4.72 Å². The lowest BCUT2D eigenvalue weighted by molar-refractivity contribution is 0.0782. The Morgan fingerprint density at radius 1 is 1.21 bits per heavy atom. The minimum absolute atomic E-state index is 0.0351. The van der Waals surface area contributed by atoms with Crippen LogP contribution in [0, 0.1) is 12.3 Å². The number of phenols is 1. The summed E-state index contributed by atoms with van der Waals surface area (Å²) in [6.45, 7) is 7.97. The maximum absolute atomic E-state index is 13.1. The molecule has 0 spiro atoms. The van der Waals surface area contributed by atoms with E-state index in [0.29, 0.717) is 11.5 Å². The van der Waals surface area contributed by atoms with Gasteiger partial charge < -0.3 is 19.7 Å². The molecule has 1 aliphatic heterocycles. The zero-order valence-corrected chi connectivity index (χ0v) is 22.6. The molecule has 12 heteroatoms. The van der Waals surface area contributed by atoms with E-state index in [-0.39, 0.29) is 35.2 Å². The van der Waals surface area contributed by atoms with E-state index in [1.807, 2.05) is 39.8 Å². The van der Waals surface area contributed by atoms with E-state index in [2.05, 4.69) is 24.4 Å². The van der Waals surface area contributed by atoms with Crippen molar-refractivity contribution in [3.05, 3.63) is 77.5 Å². The number of amides is 1. The van der Waals surface area contributed by atoms with Crippen LogP contribution in [0.3, 0.4) is 0 Å². The predicted molar refractivity (Wildman–Crippen MR) is 144 cm³/mol. The molecular weight excluding hydrogens is 508 g/mol. The summed E-state index contributed by atoms with van der Waals surface area (Å²) in [4.78, 5) is 23.2. The first kappa shape index (κ1) is 26.9. The maximum atomic E-state index is 13.1. The highest BCUT2D eigenvalue weighted by molar-refractivity contribution is 7.89. The molecule has 0 aliphatic carbocycles. The maximum Gasteiger partial charge on any atom is 0.345 e. The van der Waals surface area contributed by atoms with E-state index in [4.69, 9.17) is 4.42 Å². The highest BCUT2D eigenvalue weighted by Crippen LogP contribution is 2.37. The fraction of sp³-hybridized carbons (Fsp3) is 0.308. The van der Waals surface area contributed by atoms with Gasteiger partial charge in [0.2, 0.25) is 0 Å². The van der Waals surface area contributed by atoms with Crippen molar-refractivity contribution >= 4 is 33.5 Å². The molecule has 200 valence electrons. The predicted octanol–water partition coefficient (Wildman–Crippen LogP) is 3.81. The van der Waals surface area contributed by atoms with E-state index in [0.717, 1.165) is 5.56 Å². The Balaban J connectivity index is 1.63. The summed E-state index contributed by atoms with van der Waals surface area (Å²) in [5.74, 6) is 0.336. The Bertz CT molecular complexity index is 1510. The zero-order chi connectivity index (χ0) is 27.7. The van der Waals surface area contributed by atoms with Crippen molar-refractivity contribution in [1.29, 1.82) is 0 Å². The van der Waals surface area contributed by atoms with Crippen LogP contribution in [-0.2, 0) is 16.8 Å². The average molecular weight is 539 g/mol. The Morgan fingerprint density at radius 2 is 1.97 bits per heavy atom. The number of para-hydroxylation sites is 1. The van der Waals surface area contributed by atoms with Gasteiger partial charge in [0.1, 0.15) is 17.6 Å². The van der Waals surface area contributed by atoms with Crippen LogP contribution in [0.2, 0.25) is 0 Å². The number of aromatic nitrogens is 1. The summed E-state index contributed by atoms with van der Waals surface area (Å²) < 4.78 is 36.6. The van der Waals surface area contributed by atoms with Gasteiger partial charge >= 0.3 is 10.2 Å². The van der Waals surface area contributed by atoms with Gasteiger partial charge in [0.25, 0.3) is 5.91 Å². The number of anilines is 1. The molecule has 3 heterocycles. The van der Waals surface area contributed by atoms with Crippen molar-refractivity contribution in [3.8, 4) is 5.75 Å². The highest BCUT2D eigenvalue weighted by Gasteiger charge is 2.34. The minimum Gasteiger partial charge on any atom is -0.505 e.